The summed E-state index contributed by atoms with van der Waals surface area (Å²) in [7, 11) is 0. The lowest BCUT2D eigenvalue weighted by Crippen LogP contribution is -2.32. The fourth-order valence-corrected chi connectivity index (χ4v) is 1.92. The normalized spacial score (nSPS) is 18.3. The summed E-state index contributed by atoms with van der Waals surface area (Å²) >= 11 is 0. The third kappa shape index (κ3) is 5.27. The molecule has 0 radical (unpaired) electrons. The van der Waals surface area contributed by atoms with E-state index in [2.05, 4.69) is 5.32 Å². The van der Waals surface area contributed by atoms with E-state index in [1.807, 2.05) is 13.0 Å². The fraction of sp³-hybridized carbons (Fsp3) is 0.600. The van der Waals surface area contributed by atoms with Gasteiger partial charge in [0, 0.05) is 19.2 Å². The molecule has 1 aliphatic rings. The van der Waals surface area contributed by atoms with Gasteiger partial charge in [-0.05, 0) is 43.4 Å². The maximum absolute atomic E-state index is 13.1. The first-order chi connectivity index (χ1) is 9.15. The molecule has 2 rings (SSSR count). The van der Waals surface area contributed by atoms with E-state index in [9.17, 15) is 9.50 Å². The van der Waals surface area contributed by atoms with Gasteiger partial charge in [-0.25, -0.2) is 4.39 Å². The number of halogens is 1. The molecule has 1 fully saturated rings. The van der Waals surface area contributed by atoms with Crippen LogP contribution in [0, 0.1) is 11.7 Å². The highest BCUT2D eigenvalue weighted by atomic mass is 19.1. The molecule has 0 spiro atoms. The summed E-state index contributed by atoms with van der Waals surface area (Å²) in [5, 5.41) is 13.0. The van der Waals surface area contributed by atoms with Crippen LogP contribution in [-0.4, -0.2) is 31.0 Å². The van der Waals surface area contributed by atoms with Gasteiger partial charge in [-0.15, -0.1) is 0 Å². The van der Waals surface area contributed by atoms with Crippen molar-refractivity contribution in [3.63, 3.8) is 0 Å². The molecule has 0 amide bonds. The van der Waals surface area contributed by atoms with Crippen LogP contribution in [0.25, 0.3) is 0 Å². The van der Waals surface area contributed by atoms with E-state index >= 15 is 0 Å². The molecular weight excluding hydrogens is 245 g/mol. The first kappa shape index (κ1) is 14.4. The van der Waals surface area contributed by atoms with Gasteiger partial charge in [0.05, 0.1) is 12.7 Å². The SMILES string of the molecule is CC(NCC(O)COCC1CC1)c1cccc(F)c1. The molecule has 1 aromatic rings. The smallest absolute Gasteiger partial charge is 0.123 e. The van der Waals surface area contributed by atoms with Crippen LogP contribution in [-0.2, 0) is 4.74 Å². The van der Waals surface area contributed by atoms with Crippen molar-refractivity contribution < 1.29 is 14.2 Å². The Labute approximate surface area is 113 Å². The summed E-state index contributed by atoms with van der Waals surface area (Å²) in [5.74, 6) is 0.478. The Morgan fingerprint density at radius 3 is 2.95 bits per heavy atom. The number of nitrogens with one attached hydrogen (secondary N) is 1. The van der Waals surface area contributed by atoms with Gasteiger partial charge in [-0.2, -0.15) is 0 Å². The molecule has 0 bridgehead atoms. The van der Waals surface area contributed by atoms with E-state index in [1.54, 1.807) is 6.07 Å². The first-order valence-electron chi connectivity index (χ1n) is 6.90. The molecular formula is C15H22FNO2. The van der Waals surface area contributed by atoms with Gasteiger partial charge in [0.1, 0.15) is 5.82 Å². The summed E-state index contributed by atoms with van der Waals surface area (Å²) in [4.78, 5) is 0. The van der Waals surface area contributed by atoms with E-state index in [4.69, 9.17) is 4.74 Å². The van der Waals surface area contributed by atoms with E-state index in [-0.39, 0.29) is 11.9 Å². The van der Waals surface area contributed by atoms with E-state index in [0.717, 1.165) is 12.2 Å². The van der Waals surface area contributed by atoms with Crippen LogP contribution in [0.3, 0.4) is 0 Å². The van der Waals surface area contributed by atoms with Gasteiger partial charge >= 0.3 is 0 Å². The standard InChI is InChI=1S/C15H22FNO2/c1-11(13-3-2-4-14(16)7-13)17-8-15(18)10-19-9-12-5-6-12/h2-4,7,11-12,15,17-18H,5-6,8-10H2,1H3. The summed E-state index contributed by atoms with van der Waals surface area (Å²) in [6.07, 6.45) is 1.99. The minimum absolute atomic E-state index is 0.00813. The van der Waals surface area contributed by atoms with Crippen LogP contribution >= 0.6 is 0 Å². The molecule has 3 nitrogen and oxygen atoms in total. The molecule has 1 saturated carbocycles. The third-order valence-corrected chi connectivity index (χ3v) is 3.37. The Kier molecular flexibility index (Phi) is 5.31. The highest BCUT2D eigenvalue weighted by Crippen LogP contribution is 2.28. The van der Waals surface area contributed by atoms with Crippen LogP contribution in [0.5, 0.6) is 0 Å². The Morgan fingerprint density at radius 2 is 2.26 bits per heavy atom. The number of aliphatic hydroxyl groups is 1. The Bertz CT molecular complexity index is 395. The van der Waals surface area contributed by atoms with Crippen LogP contribution in [0.1, 0.15) is 31.4 Å². The Morgan fingerprint density at radius 1 is 1.47 bits per heavy atom. The number of hydrogen-bond acceptors (Lipinski definition) is 3. The minimum Gasteiger partial charge on any atom is -0.389 e. The van der Waals surface area contributed by atoms with Gasteiger partial charge < -0.3 is 15.2 Å². The van der Waals surface area contributed by atoms with Crippen molar-refractivity contribution in [2.45, 2.75) is 31.9 Å². The average Bonchev–Trinajstić information content (AvgIpc) is 3.20. The molecule has 0 aliphatic heterocycles. The van der Waals surface area contributed by atoms with Crippen molar-refractivity contribution in [2.75, 3.05) is 19.8 Å². The van der Waals surface area contributed by atoms with Crippen molar-refractivity contribution in [3.8, 4) is 0 Å². The van der Waals surface area contributed by atoms with Gasteiger partial charge in [-0.1, -0.05) is 12.1 Å². The zero-order chi connectivity index (χ0) is 13.7. The monoisotopic (exact) mass is 267 g/mol. The number of aliphatic hydroxyl groups excluding tert-OH is 1. The largest absolute Gasteiger partial charge is 0.389 e. The van der Waals surface area contributed by atoms with E-state index in [1.165, 1.54) is 25.0 Å². The van der Waals surface area contributed by atoms with Crippen LogP contribution < -0.4 is 5.32 Å². The predicted octanol–water partition coefficient (Wildman–Crippen LogP) is 2.26. The Hall–Kier alpha value is -0.970. The van der Waals surface area contributed by atoms with Gasteiger partial charge in [0.2, 0.25) is 0 Å². The second-order valence-corrected chi connectivity index (χ2v) is 5.32. The fourth-order valence-electron chi connectivity index (χ4n) is 1.92. The summed E-state index contributed by atoms with van der Waals surface area (Å²) in [6, 6.07) is 6.51. The molecule has 0 heterocycles. The number of rotatable bonds is 8. The van der Waals surface area contributed by atoms with Crippen LogP contribution in [0.4, 0.5) is 4.39 Å². The van der Waals surface area contributed by atoms with Gasteiger partial charge in [0.15, 0.2) is 0 Å². The molecule has 1 aliphatic carbocycles. The van der Waals surface area contributed by atoms with Crippen LogP contribution in [0.15, 0.2) is 24.3 Å². The number of ether oxygens (including phenoxy) is 1. The summed E-state index contributed by atoms with van der Waals surface area (Å²) in [6.45, 7) is 3.52. The molecule has 4 heteroatoms. The maximum Gasteiger partial charge on any atom is 0.123 e. The minimum atomic E-state index is -0.519. The maximum atomic E-state index is 13.1. The number of benzene rings is 1. The molecule has 2 N–H and O–H groups in total. The lowest BCUT2D eigenvalue weighted by molar-refractivity contribution is 0.0315. The lowest BCUT2D eigenvalue weighted by atomic mass is 10.1. The third-order valence-electron chi connectivity index (χ3n) is 3.37. The molecule has 106 valence electrons. The second-order valence-electron chi connectivity index (χ2n) is 5.32. The van der Waals surface area contributed by atoms with Crippen molar-refractivity contribution in [1.82, 2.24) is 5.32 Å². The van der Waals surface area contributed by atoms with E-state index < -0.39 is 6.10 Å². The van der Waals surface area contributed by atoms with Gasteiger partial charge in [-0.3, -0.25) is 0 Å². The number of hydrogen-bond donors (Lipinski definition) is 2. The van der Waals surface area contributed by atoms with Crippen LogP contribution in [0.2, 0.25) is 0 Å². The first-order valence-corrected chi connectivity index (χ1v) is 6.90. The second kappa shape index (κ2) is 6.98. The molecule has 2 unspecified atom stereocenters. The quantitative estimate of drug-likeness (QED) is 0.759. The topological polar surface area (TPSA) is 41.5 Å². The van der Waals surface area contributed by atoms with Crippen molar-refractivity contribution in [3.05, 3.63) is 35.6 Å². The molecule has 1 aromatic carbocycles. The Balaban J connectivity index is 1.65. The molecule has 0 aromatic heterocycles. The zero-order valence-corrected chi connectivity index (χ0v) is 11.3. The lowest BCUT2D eigenvalue weighted by Gasteiger charge is -2.17. The van der Waals surface area contributed by atoms with E-state index in [0.29, 0.717) is 19.1 Å². The zero-order valence-electron chi connectivity index (χ0n) is 11.3. The van der Waals surface area contributed by atoms with Crippen molar-refractivity contribution >= 4 is 0 Å². The molecule has 2 atom stereocenters. The summed E-state index contributed by atoms with van der Waals surface area (Å²) < 4.78 is 18.5. The van der Waals surface area contributed by atoms with Gasteiger partial charge in [0.25, 0.3) is 0 Å². The molecule has 0 saturated heterocycles. The summed E-state index contributed by atoms with van der Waals surface area (Å²) in [5.41, 5.74) is 0.881. The van der Waals surface area contributed by atoms with Crippen molar-refractivity contribution in [1.29, 1.82) is 0 Å². The highest BCUT2D eigenvalue weighted by molar-refractivity contribution is 5.19. The predicted molar refractivity (Wildman–Crippen MR) is 72.4 cm³/mol. The van der Waals surface area contributed by atoms with Crippen molar-refractivity contribution in [2.24, 2.45) is 5.92 Å². The average molecular weight is 267 g/mol. The highest BCUT2D eigenvalue weighted by Gasteiger charge is 2.21. The molecule has 19 heavy (non-hydrogen) atoms.